The molecule has 0 heterocycles. The Morgan fingerprint density at radius 3 is 2.48 bits per heavy atom. The van der Waals surface area contributed by atoms with Crippen LogP contribution in [-0.4, -0.2) is 44.3 Å². The number of aryl methyl sites for hydroxylation is 1. The molecule has 10 heteroatoms. The van der Waals surface area contributed by atoms with Crippen LogP contribution in [0.3, 0.4) is 0 Å². The number of halogens is 4. The van der Waals surface area contributed by atoms with E-state index < -0.39 is 24.7 Å². The van der Waals surface area contributed by atoms with Crippen molar-refractivity contribution in [1.29, 1.82) is 0 Å². The average Bonchev–Trinajstić information content (AvgIpc) is 2.51. The Morgan fingerprint density at radius 2 is 1.96 bits per heavy atom. The van der Waals surface area contributed by atoms with Crippen molar-refractivity contribution in [2.75, 3.05) is 25.5 Å². The van der Waals surface area contributed by atoms with E-state index in [0.717, 1.165) is 0 Å². The molecule has 0 aliphatic heterocycles. The molecule has 0 aliphatic rings. The summed E-state index contributed by atoms with van der Waals surface area (Å²) in [7, 11) is 1.43. The van der Waals surface area contributed by atoms with Crippen molar-refractivity contribution < 1.29 is 27.5 Å². The zero-order chi connectivity index (χ0) is 18.3. The van der Waals surface area contributed by atoms with Gasteiger partial charge < -0.3 is 21.1 Å². The van der Waals surface area contributed by atoms with Crippen molar-refractivity contribution in [2.45, 2.75) is 25.6 Å². The van der Waals surface area contributed by atoms with Crippen LogP contribution < -0.4 is 16.4 Å². The smallest absolute Gasteiger partial charge is 0.380 e. The van der Waals surface area contributed by atoms with Gasteiger partial charge in [0, 0.05) is 24.9 Å². The summed E-state index contributed by atoms with van der Waals surface area (Å²) in [6, 6.07) is 4.24. The van der Waals surface area contributed by atoms with Gasteiger partial charge in [0.1, 0.15) is 6.54 Å². The van der Waals surface area contributed by atoms with Gasteiger partial charge in [-0.3, -0.25) is 9.59 Å². The number of anilines is 1. The number of carbonyl (C=O) groups excluding carboxylic acids is 2. The first-order valence-electron chi connectivity index (χ1n) is 7.14. The zero-order valence-corrected chi connectivity index (χ0v) is 14.6. The van der Waals surface area contributed by atoms with Crippen LogP contribution in [0.5, 0.6) is 0 Å². The lowest BCUT2D eigenvalue weighted by molar-refractivity contribution is -0.123. The van der Waals surface area contributed by atoms with E-state index in [0.29, 0.717) is 11.3 Å². The molecule has 2 amide bonds. The fraction of sp³-hybridized carbons (Fsp3) is 0.467. The van der Waals surface area contributed by atoms with Crippen molar-refractivity contribution in [2.24, 2.45) is 5.73 Å². The predicted molar refractivity (Wildman–Crippen MR) is 89.9 cm³/mol. The van der Waals surface area contributed by atoms with Crippen LogP contribution in [0.25, 0.3) is 0 Å². The second-order valence-electron chi connectivity index (χ2n) is 5.17. The van der Waals surface area contributed by atoms with Crippen molar-refractivity contribution in [3.63, 3.8) is 0 Å². The van der Waals surface area contributed by atoms with Crippen LogP contribution >= 0.6 is 12.4 Å². The highest BCUT2D eigenvalue weighted by atomic mass is 35.5. The minimum absolute atomic E-state index is 0. The van der Waals surface area contributed by atoms with E-state index in [4.69, 9.17) is 10.5 Å². The number of nitrogens with one attached hydrogen (secondary N) is 2. The number of amides is 2. The van der Waals surface area contributed by atoms with Crippen LogP contribution in [-0.2, 0) is 9.53 Å². The maximum Gasteiger partial charge on any atom is 0.405 e. The lowest BCUT2D eigenvalue weighted by Gasteiger charge is -2.14. The molecular formula is C15H21ClF3N3O3. The highest BCUT2D eigenvalue weighted by Crippen LogP contribution is 2.18. The molecule has 1 unspecified atom stereocenters. The SMILES string of the molecule is COC(CN)CC(=O)Nc1cc(C(=O)NCC(F)(F)F)ccc1C.Cl. The molecule has 0 saturated heterocycles. The summed E-state index contributed by atoms with van der Waals surface area (Å²) in [6.07, 6.45) is -4.91. The van der Waals surface area contributed by atoms with Crippen LogP contribution in [0.4, 0.5) is 18.9 Å². The summed E-state index contributed by atoms with van der Waals surface area (Å²) >= 11 is 0. The number of hydrogen-bond donors (Lipinski definition) is 3. The first kappa shape index (κ1) is 23.2. The molecule has 1 aromatic carbocycles. The van der Waals surface area contributed by atoms with Crippen LogP contribution in [0.15, 0.2) is 18.2 Å². The third-order valence-corrected chi connectivity index (χ3v) is 3.23. The lowest BCUT2D eigenvalue weighted by Crippen LogP contribution is -2.33. The van der Waals surface area contributed by atoms with Crippen molar-refractivity contribution >= 4 is 29.9 Å². The predicted octanol–water partition coefficient (Wildman–Crippen LogP) is 2.01. The number of ether oxygens (including phenoxy) is 1. The minimum atomic E-state index is -4.49. The maximum atomic E-state index is 12.1. The van der Waals surface area contributed by atoms with E-state index in [-0.39, 0.29) is 36.8 Å². The van der Waals surface area contributed by atoms with Gasteiger partial charge in [-0.2, -0.15) is 13.2 Å². The summed E-state index contributed by atoms with van der Waals surface area (Å²) in [5.74, 6) is -1.25. The number of benzene rings is 1. The van der Waals surface area contributed by atoms with E-state index in [1.54, 1.807) is 12.2 Å². The zero-order valence-electron chi connectivity index (χ0n) is 13.8. The van der Waals surface area contributed by atoms with E-state index in [1.165, 1.54) is 25.3 Å². The lowest BCUT2D eigenvalue weighted by atomic mass is 10.1. The van der Waals surface area contributed by atoms with Crippen LogP contribution in [0.2, 0.25) is 0 Å². The van der Waals surface area contributed by atoms with Gasteiger partial charge in [0.05, 0.1) is 12.5 Å². The first-order valence-corrected chi connectivity index (χ1v) is 7.14. The highest BCUT2D eigenvalue weighted by Gasteiger charge is 2.28. The van der Waals surface area contributed by atoms with Gasteiger partial charge in [-0.25, -0.2) is 0 Å². The Kier molecular flexibility index (Phi) is 9.47. The Morgan fingerprint density at radius 1 is 1.32 bits per heavy atom. The van der Waals surface area contributed by atoms with Crippen LogP contribution in [0, 0.1) is 6.92 Å². The van der Waals surface area contributed by atoms with Gasteiger partial charge in [0.25, 0.3) is 5.91 Å². The van der Waals surface area contributed by atoms with E-state index in [9.17, 15) is 22.8 Å². The molecule has 1 atom stereocenters. The number of rotatable bonds is 7. The van der Waals surface area contributed by atoms with Gasteiger partial charge in [0.2, 0.25) is 5.91 Å². The second-order valence-corrected chi connectivity index (χ2v) is 5.17. The summed E-state index contributed by atoms with van der Waals surface area (Å²) in [6.45, 7) is 0.444. The van der Waals surface area contributed by atoms with E-state index in [2.05, 4.69) is 5.32 Å². The Bertz CT molecular complexity index is 593. The molecule has 0 radical (unpaired) electrons. The normalized spacial score (nSPS) is 12.1. The van der Waals surface area contributed by atoms with Crippen molar-refractivity contribution in [3.05, 3.63) is 29.3 Å². The monoisotopic (exact) mass is 383 g/mol. The molecule has 1 rings (SSSR count). The molecule has 25 heavy (non-hydrogen) atoms. The Hall–Kier alpha value is -1.84. The second kappa shape index (κ2) is 10.2. The van der Waals surface area contributed by atoms with Crippen molar-refractivity contribution in [3.8, 4) is 0 Å². The van der Waals surface area contributed by atoms with E-state index in [1.807, 2.05) is 0 Å². The van der Waals surface area contributed by atoms with Gasteiger partial charge in [-0.1, -0.05) is 6.07 Å². The summed E-state index contributed by atoms with van der Waals surface area (Å²) in [5, 5.41) is 4.38. The van der Waals surface area contributed by atoms with Crippen molar-refractivity contribution in [1.82, 2.24) is 5.32 Å². The number of carbonyl (C=O) groups is 2. The number of methoxy groups -OCH3 is 1. The molecule has 0 fully saturated rings. The Labute approximate surface area is 149 Å². The number of alkyl halides is 3. The van der Waals surface area contributed by atoms with Crippen LogP contribution in [0.1, 0.15) is 22.3 Å². The third-order valence-electron chi connectivity index (χ3n) is 3.23. The summed E-state index contributed by atoms with van der Waals surface area (Å²) in [5.41, 5.74) is 6.46. The van der Waals surface area contributed by atoms with Gasteiger partial charge >= 0.3 is 6.18 Å². The standard InChI is InChI=1S/C15H20F3N3O3.ClH/c1-9-3-4-10(14(23)20-8-15(16,17)18)5-12(9)21-13(22)6-11(7-19)24-2;/h3-5,11H,6-8,19H2,1-2H3,(H,20,23)(H,21,22);1H. The maximum absolute atomic E-state index is 12.1. The Balaban J connectivity index is 0.00000576. The fourth-order valence-corrected chi connectivity index (χ4v) is 1.85. The quantitative estimate of drug-likeness (QED) is 0.671. The first-order chi connectivity index (χ1) is 11.2. The largest absolute Gasteiger partial charge is 0.405 e. The van der Waals surface area contributed by atoms with Gasteiger partial charge in [-0.05, 0) is 24.6 Å². The highest BCUT2D eigenvalue weighted by molar-refractivity contribution is 5.97. The third kappa shape index (κ3) is 8.19. The minimum Gasteiger partial charge on any atom is -0.380 e. The topological polar surface area (TPSA) is 93.4 Å². The molecule has 4 N–H and O–H groups in total. The molecule has 0 bridgehead atoms. The average molecular weight is 384 g/mol. The molecule has 0 saturated carbocycles. The fourth-order valence-electron chi connectivity index (χ4n) is 1.85. The van der Waals surface area contributed by atoms with Gasteiger partial charge in [-0.15, -0.1) is 12.4 Å². The summed E-state index contributed by atoms with van der Waals surface area (Å²) in [4.78, 5) is 23.7. The molecular weight excluding hydrogens is 363 g/mol. The number of nitrogens with two attached hydrogens (primary N) is 1. The molecule has 6 nitrogen and oxygen atoms in total. The molecule has 0 aromatic heterocycles. The molecule has 0 spiro atoms. The molecule has 1 aromatic rings. The van der Waals surface area contributed by atoms with E-state index >= 15 is 0 Å². The molecule has 142 valence electrons. The number of hydrogen-bond acceptors (Lipinski definition) is 4. The van der Waals surface area contributed by atoms with Gasteiger partial charge in [0.15, 0.2) is 0 Å². The molecule has 0 aliphatic carbocycles. The summed E-state index contributed by atoms with van der Waals surface area (Å²) < 4.78 is 41.4.